The summed E-state index contributed by atoms with van der Waals surface area (Å²) in [6, 6.07) is 10.9. The second kappa shape index (κ2) is 5.24. The number of benzene rings is 1. The monoisotopic (exact) mass is 281 g/mol. The van der Waals surface area contributed by atoms with Gasteiger partial charge in [-0.2, -0.15) is 5.10 Å². The van der Waals surface area contributed by atoms with Crippen molar-refractivity contribution in [3.63, 3.8) is 0 Å². The van der Waals surface area contributed by atoms with Gasteiger partial charge in [0.25, 0.3) is 0 Å². The van der Waals surface area contributed by atoms with Crippen LogP contribution in [-0.2, 0) is 0 Å². The second-order valence-electron chi connectivity index (χ2n) is 4.82. The highest BCUT2D eigenvalue weighted by Gasteiger charge is 2.12. The first-order chi connectivity index (χ1) is 10.1. The number of para-hydroxylation sites is 1. The molecular formula is C15H15N5O. The SMILES string of the molecule is Cc1cc(C)c2c(NC(=O)Nc3ccccc3)n[nH]c2n1. The molecule has 0 atom stereocenters. The molecule has 3 rings (SSSR count). The van der Waals surface area contributed by atoms with Crippen molar-refractivity contribution in [3.05, 3.63) is 47.7 Å². The highest BCUT2D eigenvalue weighted by molar-refractivity contribution is 6.04. The van der Waals surface area contributed by atoms with E-state index >= 15 is 0 Å². The highest BCUT2D eigenvalue weighted by atomic mass is 16.2. The molecule has 21 heavy (non-hydrogen) atoms. The molecule has 1 aromatic carbocycles. The molecule has 0 aliphatic carbocycles. The van der Waals surface area contributed by atoms with E-state index in [2.05, 4.69) is 25.8 Å². The first-order valence-corrected chi connectivity index (χ1v) is 6.59. The molecule has 2 amide bonds. The summed E-state index contributed by atoms with van der Waals surface area (Å²) in [4.78, 5) is 16.4. The van der Waals surface area contributed by atoms with E-state index in [9.17, 15) is 4.79 Å². The van der Waals surface area contributed by atoms with Crippen molar-refractivity contribution in [3.8, 4) is 0 Å². The van der Waals surface area contributed by atoms with E-state index in [1.54, 1.807) is 0 Å². The fourth-order valence-electron chi connectivity index (χ4n) is 2.26. The molecule has 0 radical (unpaired) electrons. The van der Waals surface area contributed by atoms with Crippen molar-refractivity contribution >= 4 is 28.6 Å². The third-order valence-electron chi connectivity index (χ3n) is 3.12. The quantitative estimate of drug-likeness (QED) is 0.674. The van der Waals surface area contributed by atoms with Gasteiger partial charge in [-0.3, -0.25) is 10.4 Å². The number of aryl methyl sites for hydroxylation is 2. The average molecular weight is 281 g/mol. The number of anilines is 2. The Morgan fingerprint density at radius 2 is 1.90 bits per heavy atom. The number of hydrogen-bond acceptors (Lipinski definition) is 3. The molecule has 106 valence electrons. The van der Waals surface area contributed by atoms with Gasteiger partial charge in [-0.05, 0) is 37.6 Å². The molecule has 0 unspecified atom stereocenters. The van der Waals surface area contributed by atoms with Crippen molar-refractivity contribution in [2.45, 2.75) is 13.8 Å². The fourth-order valence-corrected chi connectivity index (χ4v) is 2.26. The van der Waals surface area contributed by atoms with Gasteiger partial charge in [0.1, 0.15) is 0 Å². The van der Waals surface area contributed by atoms with Crippen LogP contribution in [0.3, 0.4) is 0 Å². The predicted octanol–water partition coefficient (Wildman–Crippen LogP) is 3.22. The van der Waals surface area contributed by atoms with Crippen LogP contribution >= 0.6 is 0 Å². The number of fused-ring (bicyclic) bond motifs is 1. The molecule has 3 N–H and O–H groups in total. The molecule has 6 nitrogen and oxygen atoms in total. The Morgan fingerprint density at radius 1 is 1.14 bits per heavy atom. The normalized spacial score (nSPS) is 10.6. The first-order valence-electron chi connectivity index (χ1n) is 6.59. The minimum absolute atomic E-state index is 0.338. The van der Waals surface area contributed by atoms with Crippen LogP contribution in [0, 0.1) is 13.8 Å². The summed E-state index contributed by atoms with van der Waals surface area (Å²) in [6.45, 7) is 3.88. The number of aromatic amines is 1. The van der Waals surface area contributed by atoms with E-state index in [4.69, 9.17) is 0 Å². The number of hydrogen-bond donors (Lipinski definition) is 3. The van der Waals surface area contributed by atoms with Gasteiger partial charge in [-0.1, -0.05) is 18.2 Å². The lowest BCUT2D eigenvalue weighted by molar-refractivity contribution is 0.262. The number of nitrogens with one attached hydrogen (secondary N) is 3. The zero-order valence-corrected chi connectivity index (χ0v) is 11.8. The Labute approximate surface area is 121 Å². The van der Waals surface area contributed by atoms with Crippen LogP contribution in [0.15, 0.2) is 36.4 Å². The molecular weight excluding hydrogens is 266 g/mol. The molecule has 0 fully saturated rings. The highest BCUT2D eigenvalue weighted by Crippen LogP contribution is 2.23. The van der Waals surface area contributed by atoms with E-state index in [0.717, 1.165) is 22.3 Å². The van der Waals surface area contributed by atoms with Gasteiger partial charge in [0.05, 0.1) is 5.39 Å². The van der Waals surface area contributed by atoms with Crippen LogP contribution in [0.5, 0.6) is 0 Å². The summed E-state index contributed by atoms with van der Waals surface area (Å²) in [5.74, 6) is 0.475. The summed E-state index contributed by atoms with van der Waals surface area (Å²) in [5, 5.41) is 13.3. The van der Waals surface area contributed by atoms with Gasteiger partial charge >= 0.3 is 6.03 Å². The molecule has 0 bridgehead atoms. The molecule has 2 aromatic heterocycles. The van der Waals surface area contributed by atoms with Crippen LogP contribution < -0.4 is 10.6 Å². The third-order valence-corrected chi connectivity index (χ3v) is 3.12. The summed E-state index contributed by atoms with van der Waals surface area (Å²) >= 11 is 0. The molecule has 0 saturated heterocycles. The lowest BCUT2D eigenvalue weighted by Gasteiger charge is -2.06. The Hall–Kier alpha value is -2.89. The number of urea groups is 1. The van der Waals surface area contributed by atoms with Gasteiger partial charge in [0.15, 0.2) is 11.5 Å². The van der Waals surface area contributed by atoms with E-state index in [1.165, 1.54) is 0 Å². The topological polar surface area (TPSA) is 82.7 Å². The zero-order chi connectivity index (χ0) is 14.8. The number of carbonyl (C=O) groups excluding carboxylic acids is 1. The second-order valence-corrected chi connectivity index (χ2v) is 4.82. The molecule has 3 aromatic rings. The zero-order valence-electron chi connectivity index (χ0n) is 11.8. The number of aromatic nitrogens is 3. The van der Waals surface area contributed by atoms with Crippen molar-refractivity contribution in [1.29, 1.82) is 0 Å². The Morgan fingerprint density at radius 3 is 2.67 bits per heavy atom. The van der Waals surface area contributed by atoms with Crippen LogP contribution in [0.1, 0.15) is 11.3 Å². The maximum atomic E-state index is 12.0. The van der Waals surface area contributed by atoms with Crippen molar-refractivity contribution < 1.29 is 4.79 Å². The van der Waals surface area contributed by atoms with Crippen molar-refractivity contribution in [2.75, 3.05) is 10.6 Å². The molecule has 6 heteroatoms. The van der Waals surface area contributed by atoms with Crippen molar-refractivity contribution in [1.82, 2.24) is 15.2 Å². The lowest BCUT2D eigenvalue weighted by atomic mass is 10.2. The molecule has 2 heterocycles. The largest absolute Gasteiger partial charge is 0.324 e. The third kappa shape index (κ3) is 2.69. The summed E-state index contributed by atoms with van der Waals surface area (Å²) in [5.41, 5.74) is 3.31. The van der Waals surface area contributed by atoms with Gasteiger partial charge in [0.2, 0.25) is 0 Å². The van der Waals surface area contributed by atoms with Gasteiger partial charge in [-0.25, -0.2) is 9.78 Å². The number of amides is 2. The fraction of sp³-hybridized carbons (Fsp3) is 0.133. The van der Waals surface area contributed by atoms with Gasteiger partial charge in [0, 0.05) is 11.4 Å². The molecule has 0 aliphatic heterocycles. The molecule has 0 spiro atoms. The van der Waals surface area contributed by atoms with Crippen LogP contribution in [-0.4, -0.2) is 21.2 Å². The predicted molar refractivity (Wildman–Crippen MR) is 82.4 cm³/mol. The first kappa shape index (κ1) is 13.1. The van der Waals surface area contributed by atoms with Gasteiger partial charge < -0.3 is 5.32 Å². The number of pyridine rings is 1. The smallest absolute Gasteiger partial charge is 0.308 e. The van der Waals surface area contributed by atoms with E-state index in [0.29, 0.717) is 11.5 Å². The summed E-state index contributed by atoms with van der Waals surface area (Å²) < 4.78 is 0. The van der Waals surface area contributed by atoms with Crippen LogP contribution in [0.2, 0.25) is 0 Å². The molecule has 0 aliphatic rings. The summed E-state index contributed by atoms with van der Waals surface area (Å²) in [7, 11) is 0. The lowest BCUT2D eigenvalue weighted by Crippen LogP contribution is -2.19. The van der Waals surface area contributed by atoms with Crippen LogP contribution in [0.25, 0.3) is 11.0 Å². The standard InChI is InChI=1S/C15H15N5O/c1-9-8-10(2)16-13-12(9)14(20-19-13)18-15(21)17-11-6-4-3-5-7-11/h3-8H,1-2H3,(H3,16,17,18,19,20,21). The van der Waals surface area contributed by atoms with E-state index < -0.39 is 0 Å². The van der Waals surface area contributed by atoms with Gasteiger partial charge in [-0.15, -0.1) is 0 Å². The maximum Gasteiger partial charge on any atom is 0.324 e. The Kier molecular flexibility index (Phi) is 3.27. The molecule has 0 saturated carbocycles. The number of H-pyrrole nitrogens is 1. The maximum absolute atomic E-state index is 12.0. The minimum atomic E-state index is -0.338. The van der Waals surface area contributed by atoms with E-state index in [1.807, 2.05) is 50.2 Å². The minimum Gasteiger partial charge on any atom is -0.308 e. The average Bonchev–Trinajstić information content (AvgIpc) is 2.82. The Bertz CT molecular complexity index is 794. The number of rotatable bonds is 2. The van der Waals surface area contributed by atoms with E-state index in [-0.39, 0.29) is 6.03 Å². The van der Waals surface area contributed by atoms with Crippen molar-refractivity contribution in [2.24, 2.45) is 0 Å². The Balaban J connectivity index is 1.84. The number of carbonyl (C=O) groups is 1. The number of nitrogens with zero attached hydrogens (tertiary/aromatic N) is 2. The summed E-state index contributed by atoms with van der Waals surface area (Å²) in [6.07, 6.45) is 0. The van der Waals surface area contributed by atoms with Crippen LogP contribution in [0.4, 0.5) is 16.3 Å².